The minimum absolute atomic E-state index is 0.272. The SMILES string of the molecule is CCCCCCCCCCCCCCCC(=O)OC[C@H]1O[C@@H](OC[C@@H](O)CO)[C@H](O)[C@@H](O)[C@H]1O. The molecule has 0 aliphatic carbocycles. The molecule has 0 saturated carbocycles. The second kappa shape index (κ2) is 19.4. The Bertz CT molecular complexity index is 505. The number of rotatable bonds is 20. The molecule has 6 atom stereocenters. The summed E-state index contributed by atoms with van der Waals surface area (Å²) in [5, 5.41) is 48.2. The van der Waals surface area contributed by atoms with Crippen LogP contribution < -0.4 is 0 Å². The van der Waals surface area contributed by atoms with Gasteiger partial charge in [0.2, 0.25) is 0 Å². The van der Waals surface area contributed by atoms with Gasteiger partial charge in [0.25, 0.3) is 0 Å². The topological polar surface area (TPSA) is 146 Å². The van der Waals surface area contributed by atoms with E-state index in [1.807, 2.05) is 0 Å². The third kappa shape index (κ3) is 13.3. The zero-order valence-corrected chi connectivity index (χ0v) is 20.9. The lowest BCUT2D eigenvalue weighted by molar-refractivity contribution is -0.305. The van der Waals surface area contributed by atoms with Gasteiger partial charge in [-0.15, -0.1) is 0 Å². The van der Waals surface area contributed by atoms with E-state index in [-0.39, 0.29) is 19.6 Å². The smallest absolute Gasteiger partial charge is 0.305 e. The molecule has 0 aromatic carbocycles. The van der Waals surface area contributed by atoms with Crippen molar-refractivity contribution in [2.24, 2.45) is 0 Å². The van der Waals surface area contributed by atoms with Crippen molar-refractivity contribution in [3.63, 3.8) is 0 Å². The van der Waals surface area contributed by atoms with E-state index < -0.39 is 49.4 Å². The van der Waals surface area contributed by atoms with E-state index in [0.29, 0.717) is 0 Å². The largest absolute Gasteiger partial charge is 0.463 e. The van der Waals surface area contributed by atoms with Crippen LogP contribution in [0.3, 0.4) is 0 Å². The summed E-state index contributed by atoms with van der Waals surface area (Å²) in [4.78, 5) is 12.0. The molecule has 1 rings (SSSR count). The first-order valence-corrected chi connectivity index (χ1v) is 13.2. The molecule has 9 nitrogen and oxygen atoms in total. The maximum atomic E-state index is 12.0. The molecule has 5 N–H and O–H groups in total. The molecule has 202 valence electrons. The Morgan fingerprint density at radius 3 is 1.88 bits per heavy atom. The second-order valence-corrected chi connectivity index (χ2v) is 9.36. The molecule has 34 heavy (non-hydrogen) atoms. The molecule has 0 unspecified atom stereocenters. The van der Waals surface area contributed by atoms with Gasteiger partial charge < -0.3 is 39.7 Å². The standard InChI is InChI=1S/C25H48O9/c1-2-3-4-5-6-7-8-9-10-11-12-13-14-15-21(28)32-18-20-22(29)23(30)24(31)25(34-20)33-17-19(27)16-26/h19-20,22-27,29-31H,2-18H2,1H3/t19-,20+,22-,23-,24+,25+/m0/s1. The Hall–Kier alpha value is -0.810. The van der Waals surface area contributed by atoms with E-state index in [2.05, 4.69) is 6.92 Å². The van der Waals surface area contributed by atoms with E-state index in [9.17, 15) is 25.2 Å². The Labute approximate surface area is 204 Å². The summed E-state index contributed by atoms with van der Waals surface area (Å²) in [7, 11) is 0. The molecule has 1 fully saturated rings. The lowest BCUT2D eigenvalue weighted by Crippen LogP contribution is -2.59. The van der Waals surface area contributed by atoms with Gasteiger partial charge >= 0.3 is 5.97 Å². The van der Waals surface area contributed by atoms with Crippen molar-refractivity contribution in [3.05, 3.63) is 0 Å². The molecule has 1 saturated heterocycles. The predicted octanol–water partition coefficient (Wildman–Crippen LogP) is 2.19. The van der Waals surface area contributed by atoms with Crippen LogP contribution in [0.1, 0.15) is 96.8 Å². The zero-order chi connectivity index (χ0) is 25.2. The summed E-state index contributed by atoms with van der Waals surface area (Å²) in [6, 6.07) is 0. The van der Waals surface area contributed by atoms with E-state index in [0.717, 1.165) is 19.3 Å². The fourth-order valence-electron chi connectivity index (χ4n) is 3.98. The lowest BCUT2D eigenvalue weighted by atomic mass is 9.99. The van der Waals surface area contributed by atoms with Crippen molar-refractivity contribution in [2.75, 3.05) is 19.8 Å². The van der Waals surface area contributed by atoms with Crippen LogP contribution in [0.25, 0.3) is 0 Å². The van der Waals surface area contributed by atoms with E-state index in [4.69, 9.17) is 19.3 Å². The van der Waals surface area contributed by atoms with E-state index in [1.54, 1.807) is 0 Å². The summed E-state index contributed by atoms with van der Waals surface area (Å²) < 4.78 is 15.7. The predicted molar refractivity (Wildman–Crippen MR) is 127 cm³/mol. The average Bonchev–Trinajstić information content (AvgIpc) is 2.84. The molecular formula is C25H48O9. The molecule has 9 heteroatoms. The van der Waals surface area contributed by atoms with Crippen molar-refractivity contribution >= 4 is 5.97 Å². The van der Waals surface area contributed by atoms with Crippen LogP contribution in [0.5, 0.6) is 0 Å². The van der Waals surface area contributed by atoms with E-state index >= 15 is 0 Å². The normalized spacial score (nSPS) is 25.9. The van der Waals surface area contributed by atoms with Crippen LogP contribution in [0, 0.1) is 0 Å². The average molecular weight is 493 g/mol. The van der Waals surface area contributed by atoms with Crippen LogP contribution >= 0.6 is 0 Å². The maximum Gasteiger partial charge on any atom is 0.305 e. The number of esters is 1. The molecule has 0 aromatic heterocycles. The van der Waals surface area contributed by atoms with Crippen LogP contribution in [0.4, 0.5) is 0 Å². The number of hydrogen-bond acceptors (Lipinski definition) is 9. The molecule has 1 heterocycles. The van der Waals surface area contributed by atoms with Gasteiger partial charge in [-0.25, -0.2) is 0 Å². The van der Waals surface area contributed by atoms with Gasteiger partial charge in [-0.3, -0.25) is 4.79 Å². The van der Waals surface area contributed by atoms with Crippen molar-refractivity contribution < 1.29 is 44.5 Å². The minimum atomic E-state index is -1.56. The number of carbonyl (C=O) groups is 1. The fraction of sp³-hybridized carbons (Fsp3) is 0.960. The molecule has 1 aliphatic heterocycles. The van der Waals surface area contributed by atoms with Crippen LogP contribution in [-0.2, 0) is 19.0 Å². The number of carbonyl (C=O) groups excluding carboxylic acids is 1. The van der Waals surface area contributed by atoms with Crippen LogP contribution in [-0.4, -0.2) is 88.1 Å². The Kier molecular flexibility index (Phi) is 17.8. The first kappa shape index (κ1) is 31.2. The van der Waals surface area contributed by atoms with E-state index in [1.165, 1.54) is 64.2 Å². The van der Waals surface area contributed by atoms with Crippen LogP contribution in [0.2, 0.25) is 0 Å². The van der Waals surface area contributed by atoms with Gasteiger partial charge in [-0.2, -0.15) is 0 Å². The molecule has 0 aromatic rings. The van der Waals surface area contributed by atoms with Crippen molar-refractivity contribution in [1.82, 2.24) is 0 Å². The quantitative estimate of drug-likeness (QED) is 0.127. The van der Waals surface area contributed by atoms with Crippen molar-refractivity contribution in [1.29, 1.82) is 0 Å². The summed E-state index contributed by atoms with van der Waals surface area (Å²) in [5.74, 6) is -0.410. The van der Waals surface area contributed by atoms with Gasteiger partial charge in [-0.1, -0.05) is 84.0 Å². The molecular weight excluding hydrogens is 444 g/mol. The third-order valence-corrected chi connectivity index (χ3v) is 6.23. The van der Waals surface area contributed by atoms with Gasteiger partial charge in [0.05, 0.1) is 13.2 Å². The minimum Gasteiger partial charge on any atom is -0.463 e. The van der Waals surface area contributed by atoms with Gasteiger partial charge in [0.15, 0.2) is 6.29 Å². The maximum absolute atomic E-state index is 12.0. The van der Waals surface area contributed by atoms with Crippen LogP contribution in [0.15, 0.2) is 0 Å². The molecule has 0 spiro atoms. The zero-order valence-electron chi connectivity index (χ0n) is 20.9. The molecule has 0 radical (unpaired) electrons. The number of ether oxygens (including phenoxy) is 3. The summed E-state index contributed by atoms with van der Waals surface area (Å²) >= 11 is 0. The summed E-state index contributed by atoms with van der Waals surface area (Å²) in [6.45, 7) is 1.09. The first-order valence-electron chi connectivity index (χ1n) is 13.2. The highest BCUT2D eigenvalue weighted by Gasteiger charge is 2.44. The Balaban J connectivity index is 2.10. The van der Waals surface area contributed by atoms with Gasteiger partial charge in [0, 0.05) is 6.42 Å². The highest BCUT2D eigenvalue weighted by molar-refractivity contribution is 5.69. The fourth-order valence-corrected chi connectivity index (χ4v) is 3.98. The Morgan fingerprint density at radius 1 is 0.824 bits per heavy atom. The monoisotopic (exact) mass is 492 g/mol. The lowest BCUT2D eigenvalue weighted by Gasteiger charge is -2.40. The number of hydrogen-bond donors (Lipinski definition) is 5. The molecule has 0 bridgehead atoms. The number of aliphatic hydroxyl groups excluding tert-OH is 5. The molecule has 1 aliphatic rings. The number of aliphatic hydroxyl groups is 5. The third-order valence-electron chi connectivity index (χ3n) is 6.23. The highest BCUT2D eigenvalue weighted by atomic mass is 16.7. The van der Waals surface area contributed by atoms with Gasteiger partial charge in [-0.05, 0) is 6.42 Å². The number of unbranched alkanes of at least 4 members (excludes halogenated alkanes) is 12. The van der Waals surface area contributed by atoms with Crippen molar-refractivity contribution in [3.8, 4) is 0 Å². The second-order valence-electron chi connectivity index (χ2n) is 9.36. The summed E-state index contributed by atoms with van der Waals surface area (Å²) in [6.07, 6.45) is 7.99. The van der Waals surface area contributed by atoms with Crippen molar-refractivity contribution in [2.45, 2.75) is 134 Å². The highest BCUT2D eigenvalue weighted by Crippen LogP contribution is 2.23. The Morgan fingerprint density at radius 2 is 1.35 bits per heavy atom. The summed E-state index contributed by atoms with van der Waals surface area (Å²) in [5.41, 5.74) is 0. The molecule has 0 amide bonds. The van der Waals surface area contributed by atoms with Gasteiger partial charge in [0.1, 0.15) is 37.1 Å². The first-order chi connectivity index (χ1) is 16.4.